The molecule has 98 valence electrons. The van der Waals surface area contributed by atoms with Gasteiger partial charge in [-0.05, 0) is 11.6 Å². The minimum Gasteiger partial charge on any atom is -0.392 e. The van der Waals surface area contributed by atoms with E-state index in [1.807, 2.05) is 0 Å². The smallest absolute Gasteiger partial charge is 0.244 e. The molecular formula is C13H17NO3S. The molecule has 0 fully saturated rings. The van der Waals surface area contributed by atoms with Gasteiger partial charge in [-0.25, -0.2) is 8.42 Å². The number of aliphatic hydroxyl groups is 1. The molecule has 1 N–H and O–H groups in total. The van der Waals surface area contributed by atoms with Gasteiger partial charge in [0, 0.05) is 13.1 Å². The summed E-state index contributed by atoms with van der Waals surface area (Å²) in [5, 5.41) is 9.20. The summed E-state index contributed by atoms with van der Waals surface area (Å²) < 4.78 is 26.1. The highest BCUT2D eigenvalue weighted by atomic mass is 32.2. The molecule has 0 aliphatic heterocycles. The lowest BCUT2D eigenvalue weighted by molar-refractivity contribution is 0.278. The number of sulfonamides is 1. The quantitative estimate of drug-likeness (QED) is 0.762. The third-order valence-electron chi connectivity index (χ3n) is 2.43. The summed E-state index contributed by atoms with van der Waals surface area (Å²) >= 11 is 0. The van der Waals surface area contributed by atoms with Crippen LogP contribution in [0.25, 0.3) is 0 Å². The number of hydrogen-bond acceptors (Lipinski definition) is 3. The molecule has 0 radical (unpaired) electrons. The molecule has 0 bridgehead atoms. The van der Waals surface area contributed by atoms with E-state index in [0.29, 0.717) is 5.56 Å². The van der Waals surface area contributed by atoms with Gasteiger partial charge in [0.2, 0.25) is 10.0 Å². The van der Waals surface area contributed by atoms with E-state index in [-0.39, 0.29) is 24.6 Å². The molecule has 1 aromatic rings. The highest BCUT2D eigenvalue weighted by Crippen LogP contribution is 2.20. The van der Waals surface area contributed by atoms with E-state index in [9.17, 15) is 13.5 Å². The van der Waals surface area contributed by atoms with E-state index in [2.05, 4.69) is 13.2 Å². The standard InChI is InChI=1S/C13H17NO3S/c1-3-9-14(10-4-2)18(16,17)13-8-6-5-7-12(13)11-15/h3-8,15H,1-2,9-11H2. The third-order valence-corrected chi connectivity index (χ3v) is 4.36. The Morgan fingerprint density at radius 1 is 1.17 bits per heavy atom. The maximum atomic E-state index is 12.4. The van der Waals surface area contributed by atoms with Crippen LogP contribution in [0.15, 0.2) is 54.5 Å². The van der Waals surface area contributed by atoms with Crippen molar-refractivity contribution >= 4 is 10.0 Å². The normalized spacial score (nSPS) is 11.4. The summed E-state index contributed by atoms with van der Waals surface area (Å²) in [6.07, 6.45) is 3.03. The fraction of sp³-hybridized carbons (Fsp3) is 0.231. The number of hydrogen-bond donors (Lipinski definition) is 1. The van der Waals surface area contributed by atoms with Gasteiger partial charge >= 0.3 is 0 Å². The Labute approximate surface area is 108 Å². The van der Waals surface area contributed by atoms with E-state index < -0.39 is 10.0 Å². The van der Waals surface area contributed by atoms with Crippen LogP contribution in [0, 0.1) is 0 Å². The molecule has 0 atom stereocenters. The molecule has 4 nitrogen and oxygen atoms in total. The lowest BCUT2D eigenvalue weighted by Gasteiger charge is -2.20. The van der Waals surface area contributed by atoms with E-state index in [1.54, 1.807) is 18.2 Å². The monoisotopic (exact) mass is 267 g/mol. The van der Waals surface area contributed by atoms with Gasteiger partial charge in [-0.3, -0.25) is 0 Å². The first-order chi connectivity index (χ1) is 8.57. The summed E-state index contributed by atoms with van der Waals surface area (Å²) in [5.74, 6) is 0. The van der Waals surface area contributed by atoms with Crippen LogP contribution in [0.4, 0.5) is 0 Å². The lowest BCUT2D eigenvalue weighted by atomic mass is 10.2. The van der Waals surface area contributed by atoms with Crippen molar-refractivity contribution in [2.75, 3.05) is 13.1 Å². The zero-order valence-electron chi connectivity index (χ0n) is 10.1. The van der Waals surface area contributed by atoms with Crippen molar-refractivity contribution in [3.05, 3.63) is 55.1 Å². The Morgan fingerprint density at radius 2 is 1.72 bits per heavy atom. The average Bonchev–Trinajstić information content (AvgIpc) is 2.38. The van der Waals surface area contributed by atoms with Crippen LogP contribution in [0.5, 0.6) is 0 Å². The van der Waals surface area contributed by atoms with Gasteiger partial charge in [0.15, 0.2) is 0 Å². The first kappa shape index (κ1) is 14.6. The van der Waals surface area contributed by atoms with Crippen LogP contribution < -0.4 is 0 Å². The molecule has 0 saturated heterocycles. The van der Waals surface area contributed by atoms with Crippen LogP contribution in [-0.4, -0.2) is 30.9 Å². The topological polar surface area (TPSA) is 57.6 Å². The molecular weight excluding hydrogens is 250 g/mol. The predicted molar refractivity (Wildman–Crippen MR) is 71.5 cm³/mol. The van der Waals surface area contributed by atoms with Crippen LogP contribution >= 0.6 is 0 Å². The first-order valence-electron chi connectivity index (χ1n) is 5.48. The lowest BCUT2D eigenvalue weighted by Crippen LogP contribution is -2.32. The number of benzene rings is 1. The van der Waals surface area contributed by atoms with Gasteiger partial charge in [0.1, 0.15) is 0 Å². The van der Waals surface area contributed by atoms with Gasteiger partial charge in [0.05, 0.1) is 11.5 Å². The number of rotatable bonds is 7. The third kappa shape index (κ3) is 3.07. The summed E-state index contributed by atoms with van der Waals surface area (Å²) in [4.78, 5) is 0.121. The maximum absolute atomic E-state index is 12.4. The highest BCUT2D eigenvalue weighted by molar-refractivity contribution is 7.89. The second-order valence-corrected chi connectivity index (χ2v) is 5.57. The maximum Gasteiger partial charge on any atom is 0.244 e. The Hall–Kier alpha value is -1.43. The van der Waals surface area contributed by atoms with Crippen molar-refractivity contribution in [1.82, 2.24) is 4.31 Å². The summed E-state index contributed by atoms with van der Waals surface area (Å²) in [6, 6.07) is 6.40. The van der Waals surface area contributed by atoms with Crippen molar-refractivity contribution < 1.29 is 13.5 Å². The van der Waals surface area contributed by atoms with E-state index in [4.69, 9.17) is 0 Å². The van der Waals surface area contributed by atoms with Gasteiger partial charge < -0.3 is 5.11 Å². The van der Waals surface area contributed by atoms with Crippen LogP contribution in [0.1, 0.15) is 5.56 Å². The molecule has 0 heterocycles. The van der Waals surface area contributed by atoms with E-state index in [0.717, 1.165) is 0 Å². The summed E-state index contributed by atoms with van der Waals surface area (Å²) in [6.45, 7) is 7.18. The summed E-state index contributed by atoms with van der Waals surface area (Å²) in [7, 11) is -3.64. The minimum atomic E-state index is -3.64. The van der Waals surface area contributed by atoms with Crippen LogP contribution in [0.2, 0.25) is 0 Å². The average molecular weight is 267 g/mol. The fourth-order valence-electron chi connectivity index (χ4n) is 1.58. The van der Waals surface area contributed by atoms with Crippen molar-refractivity contribution in [2.24, 2.45) is 0 Å². The molecule has 5 heteroatoms. The van der Waals surface area contributed by atoms with Crippen molar-refractivity contribution in [3.63, 3.8) is 0 Å². The Balaban J connectivity index is 3.25. The number of aliphatic hydroxyl groups excluding tert-OH is 1. The zero-order valence-corrected chi connectivity index (χ0v) is 10.9. The Kier molecular flexibility index (Phi) is 5.27. The molecule has 18 heavy (non-hydrogen) atoms. The Bertz CT molecular complexity index is 513. The molecule has 0 unspecified atom stereocenters. The van der Waals surface area contributed by atoms with Gasteiger partial charge in [0.25, 0.3) is 0 Å². The van der Waals surface area contributed by atoms with Crippen molar-refractivity contribution in [2.45, 2.75) is 11.5 Å². The summed E-state index contributed by atoms with van der Waals surface area (Å²) in [5.41, 5.74) is 0.385. The minimum absolute atomic E-state index is 0.121. The van der Waals surface area contributed by atoms with Gasteiger partial charge in [-0.2, -0.15) is 4.31 Å². The highest BCUT2D eigenvalue weighted by Gasteiger charge is 2.24. The largest absolute Gasteiger partial charge is 0.392 e. The SMILES string of the molecule is C=CCN(CC=C)S(=O)(=O)c1ccccc1CO. The molecule has 0 aromatic heterocycles. The van der Waals surface area contributed by atoms with Crippen molar-refractivity contribution in [3.8, 4) is 0 Å². The zero-order chi connectivity index (χ0) is 13.6. The van der Waals surface area contributed by atoms with Crippen LogP contribution in [0.3, 0.4) is 0 Å². The number of nitrogens with zero attached hydrogens (tertiary/aromatic N) is 1. The second-order valence-electron chi connectivity index (χ2n) is 3.67. The molecule has 1 aromatic carbocycles. The first-order valence-corrected chi connectivity index (χ1v) is 6.92. The Morgan fingerprint density at radius 3 is 2.22 bits per heavy atom. The molecule has 0 spiro atoms. The predicted octanol–water partition coefficient (Wildman–Crippen LogP) is 1.54. The van der Waals surface area contributed by atoms with Crippen molar-refractivity contribution in [1.29, 1.82) is 0 Å². The fourth-order valence-corrected chi connectivity index (χ4v) is 3.18. The van der Waals surface area contributed by atoms with Gasteiger partial charge in [-0.15, -0.1) is 13.2 Å². The second kappa shape index (κ2) is 6.49. The van der Waals surface area contributed by atoms with Crippen LogP contribution in [-0.2, 0) is 16.6 Å². The van der Waals surface area contributed by atoms with E-state index >= 15 is 0 Å². The molecule has 0 amide bonds. The molecule has 1 rings (SSSR count). The van der Waals surface area contributed by atoms with E-state index in [1.165, 1.54) is 22.5 Å². The van der Waals surface area contributed by atoms with Gasteiger partial charge in [-0.1, -0.05) is 30.4 Å². The molecule has 0 aliphatic rings. The molecule has 0 aliphatic carbocycles. The molecule has 0 saturated carbocycles.